The molecule has 2 aromatic heterocycles. The number of halogens is 1. The lowest BCUT2D eigenvalue weighted by molar-refractivity contribution is -0.384. The molecule has 0 aliphatic rings. The van der Waals surface area contributed by atoms with E-state index in [1.807, 2.05) is 0 Å². The fourth-order valence-electron chi connectivity index (χ4n) is 3.95. The molecule has 0 atom stereocenters. The molecule has 1 N–H and O–H groups in total. The van der Waals surface area contributed by atoms with E-state index in [9.17, 15) is 24.5 Å². The van der Waals surface area contributed by atoms with E-state index in [1.165, 1.54) is 41.2 Å². The first-order valence-corrected chi connectivity index (χ1v) is 12.0. The molecular formula is C26H22BrN5O6. The molecule has 0 bridgehead atoms. The van der Waals surface area contributed by atoms with E-state index in [4.69, 9.17) is 4.74 Å². The van der Waals surface area contributed by atoms with Gasteiger partial charge in [-0.3, -0.25) is 24.5 Å². The molecule has 0 saturated heterocycles. The normalized spacial score (nSPS) is 10.7. The van der Waals surface area contributed by atoms with E-state index in [2.05, 4.69) is 26.2 Å². The third-order valence-corrected chi connectivity index (χ3v) is 6.26. The minimum atomic E-state index is -0.646. The number of nitro groups is 1. The first-order valence-electron chi connectivity index (χ1n) is 11.2. The van der Waals surface area contributed by atoms with Gasteiger partial charge in [-0.2, -0.15) is 0 Å². The SMILES string of the molecule is COC(=O)c1cc(Br)cc2c1c(C(=O)c1ccc(CNc3ccncc3[N+](=O)[O-])cc1)cn2C(=O)N(C)C. The van der Waals surface area contributed by atoms with Gasteiger partial charge in [-0.05, 0) is 23.8 Å². The van der Waals surface area contributed by atoms with Crippen molar-refractivity contribution in [2.45, 2.75) is 6.54 Å². The Morgan fingerprint density at radius 1 is 1.13 bits per heavy atom. The van der Waals surface area contributed by atoms with Gasteiger partial charge in [0.25, 0.3) is 0 Å². The van der Waals surface area contributed by atoms with Crippen LogP contribution in [-0.4, -0.2) is 58.4 Å². The van der Waals surface area contributed by atoms with Crippen LogP contribution in [0.2, 0.25) is 0 Å². The van der Waals surface area contributed by atoms with Crippen LogP contribution in [0.1, 0.15) is 31.8 Å². The number of pyridine rings is 1. The highest BCUT2D eigenvalue weighted by Gasteiger charge is 2.26. The van der Waals surface area contributed by atoms with Gasteiger partial charge in [0.15, 0.2) is 5.78 Å². The Bertz CT molecular complexity index is 1580. The van der Waals surface area contributed by atoms with Crippen molar-refractivity contribution < 1.29 is 24.0 Å². The largest absolute Gasteiger partial charge is 0.465 e. The first kappa shape index (κ1) is 26.5. The highest BCUT2D eigenvalue weighted by molar-refractivity contribution is 9.10. The van der Waals surface area contributed by atoms with Crippen molar-refractivity contribution in [1.82, 2.24) is 14.5 Å². The van der Waals surface area contributed by atoms with Gasteiger partial charge >= 0.3 is 17.7 Å². The predicted octanol–water partition coefficient (Wildman–Crippen LogP) is 4.87. The van der Waals surface area contributed by atoms with Crippen LogP contribution in [0.5, 0.6) is 0 Å². The second-order valence-electron chi connectivity index (χ2n) is 8.46. The number of rotatable bonds is 7. The lowest BCUT2D eigenvalue weighted by Crippen LogP contribution is -2.26. The third-order valence-electron chi connectivity index (χ3n) is 5.80. The number of ketones is 1. The van der Waals surface area contributed by atoms with Gasteiger partial charge < -0.3 is 15.0 Å². The summed E-state index contributed by atoms with van der Waals surface area (Å²) in [6.45, 7) is 0.274. The number of nitrogens with one attached hydrogen (secondary N) is 1. The van der Waals surface area contributed by atoms with E-state index in [-0.39, 0.29) is 23.4 Å². The Morgan fingerprint density at radius 2 is 1.84 bits per heavy atom. The average molecular weight is 580 g/mol. The topological polar surface area (TPSA) is 137 Å². The van der Waals surface area contributed by atoms with Crippen molar-refractivity contribution in [2.24, 2.45) is 0 Å². The van der Waals surface area contributed by atoms with Crippen LogP contribution in [0.15, 0.2) is 65.5 Å². The van der Waals surface area contributed by atoms with Crippen molar-refractivity contribution in [2.75, 3.05) is 26.5 Å². The zero-order valence-corrected chi connectivity index (χ0v) is 22.2. The zero-order valence-electron chi connectivity index (χ0n) is 20.6. The molecule has 0 aliphatic carbocycles. The summed E-state index contributed by atoms with van der Waals surface area (Å²) in [5, 5.41) is 14.5. The highest BCUT2D eigenvalue weighted by atomic mass is 79.9. The number of ether oxygens (including phenoxy) is 1. The monoisotopic (exact) mass is 579 g/mol. The molecule has 0 fully saturated rings. The summed E-state index contributed by atoms with van der Waals surface area (Å²) in [5.41, 5.74) is 1.98. The summed E-state index contributed by atoms with van der Waals surface area (Å²) in [5.74, 6) is -1.04. The number of benzene rings is 2. The summed E-state index contributed by atoms with van der Waals surface area (Å²) < 4.78 is 6.79. The van der Waals surface area contributed by atoms with E-state index in [0.717, 1.165) is 5.56 Å². The number of amides is 1. The predicted molar refractivity (Wildman–Crippen MR) is 144 cm³/mol. The smallest absolute Gasteiger partial charge is 0.338 e. The van der Waals surface area contributed by atoms with E-state index < -0.39 is 22.7 Å². The summed E-state index contributed by atoms with van der Waals surface area (Å²) in [6, 6.07) is 11.0. The summed E-state index contributed by atoms with van der Waals surface area (Å²) in [7, 11) is 4.41. The molecule has 0 saturated carbocycles. The Balaban J connectivity index is 1.70. The number of methoxy groups -OCH3 is 1. The van der Waals surface area contributed by atoms with Gasteiger partial charge in [0.2, 0.25) is 0 Å². The number of carbonyl (C=O) groups excluding carboxylic acids is 3. The van der Waals surface area contributed by atoms with Gasteiger partial charge in [-0.15, -0.1) is 0 Å². The molecule has 38 heavy (non-hydrogen) atoms. The number of esters is 1. The zero-order chi connectivity index (χ0) is 27.6. The maximum absolute atomic E-state index is 13.6. The molecule has 0 unspecified atom stereocenters. The molecule has 4 aromatic rings. The summed E-state index contributed by atoms with van der Waals surface area (Å²) >= 11 is 3.37. The van der Waals surface area contributed by atoms with E-state index in [1.54, 1.807) is 50.5 Å². The van der Waals surface area contributed by atoms with Crippen molar-refractivity contribution in [3.63, 3.8) is 0 Å². The Morgan fingerprint density at radius 3 is 2.47 bits per heavy atom. The standard InChI is InChI=1S/C26H22BrN5O6/c1-30(2)26(35)31-14-19(23-18(25(34)38-3)10-17(27)11-21(23)31)24(33)16-6-4-15(5-7-16)12-29-20-8-9-28-13-22(20)32(36)37/h4-11,13-14H,12H2,1-3H3,(H,28,29). The van der Waals surface area contributed by atoms with Gasteiger partial charge in [0.1, 0.15) is 11.9 Å². The number of aromatic nitrogens is 2. The van der Waals surface area contributed by atoms with Crippen LogP contribution in [-0.2, 0) is 11.3 Å². The number of nitrogens with zero attached hydrogens (tertiary/aromatic N) is 4. The van der Waals surface area contributed by atoms with Crippen LogP contribution >= 0.6 is 15.9 Å². The average Bonchev–Trinajstić information content (AvgIpc) is 3.29. The molecule has 0 radical (unpaired) electrons. The second kappa shape index (κ2) is 10.8. The van der Waals surface area contributed by atoms with Crippen molar-refractivity contribution in [1.29, 1.82) is 0 Å². The number of hydrogen-bond acceptors (Lipinski definition) is 8. The Labute approximate surface area is 225 Å². The van der Waals surface area contributed by atoms with Crippen molar-refractivity contribution >= 4 is 56.0 Å². The lowest BCUT2D eigenvalue weighted by atomic mass is 9.98. The molecule has 2 aromatic carbocycles. The molecule has 12 heteroatoms. The van der Waals surface area contributed by atoms with Crippen molar-refractivity contribution in [3.05, 3.63) is 97.9 Å². The fraction of sp³-hybridized carbons (Fsp3) is 0.154. The van der Waals surface area contributed by atoms with Crippen LogP contribution in [0.25, 0.3) is 10.9 Å². The quantitative estimate of drug-likeness (QED) is 0.142. The van der Waals surface area contributed by atoms with Crippen molar-refractivity contribution in [3.8, 4) is 0 Å². The summed E-state index contributed by atoms with van der Waals surface area (Å²) in [4.78, 5) is 54.9. The van der Waals surface area contributed by atoms with Gasteiger partial charge in [0.05, 0.1) is 23.1 Å². The molecular weight excluding hydrogens is 558 g/mol. The molecule has 0 aliphatic heterocycles. The van der Waals surface area contributed by atoms with E-state index in [0.29, 0.717) is 26.6 Å². The van der Waals surface area contributed by atoms with Gasteiger partial charge in [-0.25, -0.2) is 9.59 Å². The molecule has 0 spiro atoms. The number of carbonyl (C=O) groups is 3. The summed E-state index contributed by atoms with van der Waals surface area (Å²) in [6.07, 6.45) is 4.05. The van der Waals surface area contributed by atoms with Crippen LogP contribution < -0.4 is 5.32 Å². The van der Waals surface area contributed by atoms with Crippen LogP contribution in [0.4, 0.5) is 16.2 Å². The second-order valence-corrected chi connectivity index (χ2v) is 9.37. The lowest BCUT2D eigenvalue weighted by Gasteiger charge is -2.12. The molecule has 4 rings (SSSR count). The molecule has 1 amide bonds. The van der Waals surface area contributed by atoms with Gasteiger partial charge in [-0.1, -0.05) is 40.2 Å². The van der Waals surface area contributed by atoms with Gasteiger partial charge in [0, 0.05) is 54.0 Å². The third kappa shape index (κ3) is 5.11. The highest BCUT2D eigenvalue weighted by Crippen LogP contribution is 2.32. The molecule has 2 heterocycles. The fourth-order valence-corrected chi connectivity index (χ4v) is 4.40. The van der Waals surface area contributed by atoms with Crippen LogP contribution in [0, 0.1) is 10.1 Å². The Kier molecular flexibility index (Phi) is 7.53. The maximum atomic E-state index is 13.6. The minimum absolute atomic E-state index is 0.143. The van der Waals surface area contributed by atoms with Crippen LogP contribution in [0.3, 0.4) is 0 Å². The van der Waals surface area contributed by atoms with E-state index >= 15 is 0 Å². The molecule has 11 nitrogen and oxygen atoms in total. The number of anilines is 1. The molecule has 194 valence electrons. The Hall–Kier alpha value is -4.58. The maximum Gasteiger partial charge on any atom is 0.338 e. The first-order chi connectivity index (χ1) is 18.1. The number of hydrogen-bond donors (Lipinski definition) is 1. The minimum Gasteiger partial charge on any atom is -0.465 e. The number of fused-ring (bicyclic) bond motifs is 1.